The second-order valence-electron chi connectivity index (χ2n) is 5.03. The van der Waals surface area contributed by atoms with Gasteiger partial charge in [0.1, 0.15) is 17.0 Å². The standard InChI is InChI=1S/C17H11Cl3N2O2/c1-9-15(16(22-24-9)11-4-2-3-5-12(11)18)17(23)21-10-6-7-13(19)14(20)8-10/h2-8H,1H3,(H,21,23). The van der Waals surface area contributed by atoms with Crippen molar-refractivity contribution in [1.82, 2.24) is 5.16 Å². The van der Waals surface area contributed by atoms with Gasteiger partial charge in [-0.3, -0.25) is 4.79 Å². The van der Waals surface area contributed by atoms with Gasteiger partial charge in [-0.05, 0) is 31.2 Å². The van der Waals surface area contributed by atoms with E-state index in [-0.39, 0.29) is 5.91 Å². The Bertz CT molecular complexity index is 922. The van der Waals surface area contributed by atoms with Gasteiger partial charge < -0.3 is 9.84 Å². The van der Waals surface area contributed by atoms with E-state index in [0.29, 0.717) is 43.3 Å². The molecule has 3 rings (SSSR count). The van der Waals surface area contributed by atoms with Crippen LogP contribution in [0.15, 0.2) is 47.0 Å². The molecule has 0 saturated heterocycles. The summed E-state index contributed by atoms with van der Waals surface area (Å²) in [4.78, 5) is 12.7. The summed E-state index contributed by atoms with van der Waals surface area (Å²) >= 11 is 18.0. The van der Waals surface area contributed by atoms with E-state index in [9.17, 15) is 4.79 Å². The molecule has 0 bridgehead atoms. The van der Waals surface area contributed by atoms with E-state index in [4.69, 9.17) is 39.3 Å². The minimum atomic E-state index is -0.373. The van der Waals surface area contributed by atoms with E-state index in [2.05, 4.69) is 10.5 Å². The third kappa shape index (κ3) is 3.26. The van der Waals surface area contributed by atoms with Gasteiger partial charge in [0.05, 0.1) is 15.1 Å². The van der Waals surface area contributed by atoms with Gasteiger partial charge in [0.15, 0.2) is 0 Å². The number of carbonyl (C=O) groups excluding carboxylic acids is 1. The molecule has 3 aromatic rings. The Morgan fingerprint density at radius 1 is 1.04 bits per heavy atom. The van der Waals surface area contributed by atoms with Crippen molar-refractivity contribution in [3.8, 4) is 11.3 Å². The number of hydrogen-bond acceptors (Lipinski definition) is 3. The van der Waals surface area contributed by atoms with Gasteiger partial charge in [-0.2, -0.15) is 0 Å². The van der Waals surface area contributed by atoms with E-state index in [1.165, 1.54) is 0 Å². The third-order valence-electron chi connectivity index (χ3n) is 3.40. The van der Waals surface area contributed by atoms with Crippen LogP contribution in [-0.2, 0) is 0 Å². The van der Waals surface area contributed by atoms with Crippen LogP contribution in [0.25, 0.3) is 11.3 Å². The molecule has 0 aliphatic heterocycles. The number of halogens is 3. The normalized spacial score (nSPS) is 10.7. The molecular weight excluding hydrogens is 371 g/mol. The minimum Gasteiger partial charge on any atom is -0.360 e. The molecule has 122 valence electrons. The third-order valence-corrected chi connectivity index (χ3v) is 4.46. The van der Waals surface area contributed by atoms with Crippen molar-refractivity contribution < 1.29 is 9.32 Å². The van der Waals surface area contributed by atoms with Gasteiger partial charge in [0.2, 0.25) is 0 Å². The summed E-state index contributed by atoms with van der Waals surface area (Å²) in [5.41, 5.74) is 1.83. The maximum atomic E-state index is 12.7. The molecule has 2 aromatic carbocycles. The Morgan fingerprint density at radius 3 is 2.50 bits per heavy atom. The van der Waals surface area contributed by atoms with Crippen LogP contribution in [0.3, 0.4) is 0 Å². The molecule has 0 saturated carbocycles. The summed E-state index contributed by atoms with van der Waals surface area (Å²) in [6.45, 7) is 1.66. The Hall–Kier alpha value is -2.01. The first-order chi connectivity index (χ1) is 11.5. The molecule has 1 N–H and O–H groups in total. The number of hydrogen-bond donors (Lipinski definition) is 1. The first-order valence-electron chi connectivity index (χ1n) is 6.95. The first-order valence-corrected chi connectivity index (χ1v) is 8.08. The molecule has 1 amide bonds. The highest BCUT2D eigenvalue weighted by atomic mass is 35.5. The summed E-state index contributed by atoms with van der Waals surface area (Å²) in [5, 5.41) is 7.97. The number of aromatic nitrogens is 1. The predicted octanol–water partition coefficient (Wildman–Crippen LogP) is 5.86. The topological polar surface area (TPSA) is 55.1 Å². The number of nitrogens with one attached hydrogen (secondary N) is 1. The Kier molecular flexibility index (Phi) is 4.81. The number of aryl methyl sites for hydroxylation is 1. The second kappa shape index (κ2) is 6.85. The average Bonchev–Trinajstić information content (AvgIpc) is 2.93. The highest BCUT2D eigenvalue weighted by Crippen LogP contribution is 2.32. The number of anilines is 1. The second-order valence-corrected chi connectivity index (χ2v) is 6.25. The number of benzene rings is 2. The van der Waals surface area contributed by atoms with Crippen molar-refractivity contribution in [3.63, 3.8) is 0 Å². The zero-order chi connectivity index (χ0) is 17.3. The van der Waals surface area contributed by atoms with Crippen LogP contribution in [0.4, 0.5) is 5.69 Å². The van der Waals surface area contributed by atoms with Gasteiger partial charge in [-0.25, -0.2) is 0 Å². The molecule has 0 atom stereocenters. The smallest absolute Gasteiger partial charge is 0.261 e. The van der Waals surface area contributed by atoms with E-state index < -0.39 is 0 Å². The van der Waals surface area contributed by atoms with Crippen LogP contribution in [-0.4, -0.2) is 11.1 Å². The van der Waals surface area contributed by atoms with Crippen molar-refractivity contribution in [3.05, 3.63) is 68.9 Å². The van der Waals surface area contributed by atoms with Crippen LogP contribution in [0, 0.1) is 6.92 Å². The van der Waals surface area contributed by atoms with E-state index in [0.717, 1.165) is 0 Å². The van der Waals surface area contributed by atoms with Gasteiger partial charge in [-0.1, -0.05) is 58.2 Å². The summed E-state index contributed by atoms with van der Waals surface area (Å²) in [6.07, 6.45) is 0. The van der Waals surface area contributed by atoms with Crippen molar-refractivity contribution in [2.45, 2.75) is 6.92 Å². The Morgan fingerprint density at radius 2 is 1.79 bits per heavy atom. The highest BCUT2D eigenvalue weighted by Gasteiger charge is 2.23. The number of rotatable bonds is 3. The number of nitrogens with zero attached hydrogens (tertiary/aromatic N) is 1. The van der Waals surface area contributed by atoms with Crippen LogP contribution in [0.5, 0.6) is 0 Å². The molecule has 0 aliphatic carbocycles. The summed E-state index contributed by atoms with van der Waals surface area (Å²) < 4.78 is 5.19. The van der Waals surface area contributed by atoms with Gasteiger partial charge in [-0.15, -0.1) is 0 Å². The largest absolute Gasteiger partial charge is 0.360 e. The SMILES string of the molecule is Cc1onc(-c2ccccc2Cl)c1C(=O)Nc1ccc(Cl)c(Cl)c1. The monoisotopic (exact) mass is 380 g/mol. The highest BCUT2D eigenvalue weighted by molar-refractivity contribution is 6.42. The van der Waals surface area contributed by atoms with E-state index in [1.54, 1.807) is 43.3 Å². The zero-order valence-electron chi connectivity index (χ0n) is 12.4. The molecule has 4 nitrogen and oxygen atoms in total. The fourth-order valence-electron chi connectivity index (χ4n) is 2.24. The maximum Gasteiger partial charge on any atom is 0.261 e. The summed E-state index contributed by atoms with van der Waals surface area (Å²) in [7, 11) is 0. The molecule has 7 heteroatoms. The summed E-state index contributed by atoms with van der Waals surface area (Å²) in [5.74, 6) is 0.0181. The molecule has 24 heavy (non-hydrogen) atoms. The molecular formula is C17H11Cl3N2O2. The Labute approximate surface area is 153 Å². The fraction of sp³-hybridized carbons (Fsp3) is 0.0588. The van der Waals surface area contributed by atoms with Gasteiger partial charge in [0, 0.05) is 11.3 Å². The van der Waals surface area contributed by atoms with Crippen LogP contribution >= 0.6 is 34.8 Å². The number of carbonyl (C=O) groups is 1. The molecule has 0 radical (unpaired) electrons. The maximum absolute atomic E-state index is 12.7. The van der Waals surface area contributed by atoms with Crippen molar-refractivity contribution in [2.75, 3.05) is 5.32 Å². The lowest BCUT2D eigenvalue weighted by Crippen LogP contribution is -2.13. The lowest BCUT2D eigenvalue weighted by atomic mass is 10.1. The zero-order valence-corrected chi connectivity index (χ0v) is 14.7. The van der Waals surface area contributed by atoms with Crippen molar-refractivity contribution >= 4 is 46.4 Å². The van der Waals surface area contributed by atoms with Crippen LogP contribution < -0.4 is 5.32 Å². The van der Waals surface area contributed by atoms with E-state index >= 15 is 0 Å². The lowest BCUT2D eigenvalue weighted by molar-refractivity contribution is 0.102. The minimum absolute atomic E-state index is 0.314. The van der Waals surface area contributed by atoms with Crippen LogP contribution in [0.2, 0.25) is 15.1 Å². The fourth-order valence-corrected chi connectivity index (χ4v) is 2.77. The van der Waals surface area contributed by atoms with Gasteiger partial charge in [0.25, 0.3) is 5.91 Å². The predicted molar refractivity (Wildman–Crippen MR) is 96.1 cm³/mol. The first kappa shape index (κ1) is 16.8. The van der Waals surface area contributed by atoms with Crippen molar-refractivity contribution in [2.24, 2.45) is 0 Å². The molecule has 1 heterocycles. The summed E-state index contributed by atoms with van der Waals surface area (Å²) in [6, 6.07) is 11.9. The van der Waals surface area contributed by atoms with Crippen molar-refractivity contribution in [1.29, 1.82) is 0 Å². The number of amides is 1. The molecule has 0 spiro atoms. The molecule has 0 unspecified atom stereocenters. The Balaban J connectivity index is 1.97. The van der Waals surface area contributed by atoms with Gasteiger partial charge >= 0.3 is 0 Å². The van der Waals surface area contributed by atoms with Crippen LogP contribution in [0.1, 0.15) is 16.1 Å². The lowest BCUT2D eigenvalue weighted by Gasteiger charge is -2.07. The quantitative estimate of drug-likeness (QED) is 0.618. The van der Waals surface area contributed by atoms with E-state index in [1.807, 2.05) is 6.07 Å². The molecule has 0 fully saturated rings. The molecule has 1 aromatic heterocycles. The molecule has 0 aliphatic rings. The average molecular weight is 382 g/mol.